The summed E-state index contributed by atoms with van der Waals surface area (Å²) in [6.07, 6.45) is 1.88. The maximum atomic E-state index is 13.1. The van der Waals surface area contributed by atoms with Crippen LogP contribution >= 0.6 is 0 Å². The van der Waals surface area contributed by atoms with E-state index in [1.54, 1.807) is 14.2 Å². The van der Waals surface area contributed by atoms with Crippen molar-refractivity contribution in [2.45, 2.75) is 13.2 Å². The zero-order valence-electron chi connectivity index (χ0n) is 16.7. The number of hydrogen-bond donors (Lipinski definition) is 1. The van der Waals surface area contributed by atoms with Crippen molar-refractivity contribution in [2.24, 2.45) is 0 Å². The van der Waals surface area contributed by atoms with Gasteiger partial charge in [0.25, 0.3) is 5.91 Å². The summed E-state index contributed by atoms with van der Waals surface area (Å²) in [5.74, 6) is 0.617. The average Bonchev–Trinajstić information content (AvgIpc) is 2.77. The molecular formula is C25H25NO3. The molecule has 148 valence electrons. The summed E-state index contributed by atoms with van der Waals surface area (Å²) in [6, 6.07) is 25.3. The number of benzene rings is 3. The molecule has 0 bridgehead atoms. The van der Waals surface area contributed by atoms with E-state index >= 15 is 0 Å². The Morgan fingerprint density at radius 2 is 1.62 bits per heavy atom. The van der Waals surface area contributed by atoms with E-state index in [0.717, 1.165) is 28.0 Å². The van der Waals surface area contributed by atoms with E-state index in [1.165, 1.54) is 0 Å². The summed E-state index contributed by atoms with van der Waals surface area (Å²) < 4.78 is 10.6. The highest BCUT2D eigenvalue weighted by atomic mass is 16.5. The van der Waals surface area contributed by atoms with Crippen LogP contribution in [0.25, 0.3) is 11.6 Å². The summed E-state index contributed by atoms with van der Waals surface area (Å²) >= 11 is 0. The van der Waals surface area contributed by atoms with E-state index in [0.29, 0.717) is 18.7 Å². The van der Waals surface area contributed by atoms with Crippen molar-refractivity contribution in [3.8, 4) is 5.75 Å². The van der Waals surface area contributed by atoms with Crippen LogP contribution in [-0.4, -0.2) is 20.1 Å². The maximum absolute atomic E-state index is 13.1. The molecule has 0 radical (unpaired) electrons. The molecule has 0 saturated heterocycles. The van der Waals surface area contributed by atoms with Crippen molar-refractivity contribution in [2.75, 3.05) is 14.2 Å². The van der Waals surface area contributed by atoms with Crippen molar-refractivity contribution < 1.29 is 14.3 Å². The van der Waals surface area contributed by atoms with Gasteiger partial charge in [0.15, 0.2) is 0 Å². The van der Waals surface area contributed by atoms with Crippen LogP contribution in [-0.2, 0) is 22.7 Å². The Morgan fingerprint density at radius 3 is 2.34 bits per heavy atom. The van der Waals surface area contributed by atoms with Gasteiger partial charge in [0.2, 0.25) is 0 Å². The molecule has 0 aliphatic heterocycles. The third kappa shape index (κ3) is 5.56. The molecule has 1 amide bonds. The highest BCUT2D eigenvalue weighted by Gasteiger charge is 2.13. The molecule has 0 unspecified atom stereocenters. The van der Waals surface area contributed by atoms with Gasteiger partial charge in [-0.1, -0.05) is 66.7 Å². The minimum absolute atomic E-state index is 0.133. The highest BCUT2D eigenvalue weighted by molar-refractivity contribution is 6.24. The van der Waals surface area contributed by atoms with Crippen molar-refractivity contribution >= 4 is 17.6 Å². The van der Waals surface area contributed by atoms with Gasteiger partial charge in [0.1, 0.15) is 5.75 Å². The van der Waals surface area contributed by atoms with Crippen LogP contribution < -0.4 is 10.1 Å². The van der Waals surface area contributed by atoms with E-state index in [2.05, 4.69) is 5.32 Å². The number of carbonyl (C=O) groups excluding carboxylic acids is 1. The van der Waals surface area contributed by atoms with E-state index in [1.807, 2.05) is 84.9 Å². The molecule has 4 nitrogen and oxygen atoms in total. The number of hydrogen-bond acceptors (Lipinski definition) is 3. The SMILES string of the molecule is COCc1ccccc1CNC(=O)/C(=C/c1cccc(OC)c1)c1ccccc1. The van der Waals surface area contributed by atoms with Gasteiger partial charge >= 0.3 is 0 Å². The van der Waals surface area contributed by atoms with Crippen LogP contribution in [0.4, 0.5) is 0 Å². The Kier molecular flexibility index (Phi) is 7.20. The number of amides is 1. The van der Waals surface area contributed by atoms with Crippen LogP contribution in [0.3, 0.4) is 0 Å². The van der Waals surface area contributed by atoms with E-state index < -0.39 is 0 Å². The number of carbonyl (C=O) groups is 1. The minimum Gasteiger partial charge on any atom is -0.497 e. The number of methoxy groups -OCH3 is 2. The molecule has 1 N–H and O–H groups in total. The van der Waals surface area contributed by atoms with E-state index in [4.69, 9.17) is 9.47 Å². The molecule has 4 heteroatoms. The second kappa shape index (κ2) is 10.2. The topological polar surface area (TPSA) is 47.6 Å². The lowest BCUT2D eigenvalue weighted by molar-refractivity contribution is -0.115. The zero-order valence-corrected chi connectivity index (χ0v) is 16.7. The Hall–Kier alpha value is -3.37. The Bertz CT molecular complexity index is 980. The Labute approximate surface area is 171 Å². The second-order valence-corrected chi connectivity index (χ2v) is 6.59. The van der Waals surface area contributed by atoms with Gasteiger partial charge in [-0.25, -0.2) is 0 Å². The Balaban J connectivity index is 1.86. The Morgan fingerprint density at radius 1 is 0.897 bits per heavy atom. The molecule has 0 aliphatic carbocycles. The summed E-state index contributed by atoms with van der Waals surface area (Å²) in [5, 5.41) is 3.05. The summed E-state index contributed by atoms with van der Waals surface area (Å²) in [4.78, 5) is 13.1. The summed E-state index contributed by atoms with van der Waals surface area (Å²) in [7, 11) is 3.30. The predicted molar refractivity (Wildman–Crippen MR) is 116 cm³/mol. The smallest absolute Gasteiger partial charge is 0.252 e. The summed E-state index contributed by atoms with van der Waals surface area (Å²) in [5.41, 5.74) is 4.46. The quantitative estimate of drug-likeness (QED) is 0.450. The van der Waals surface area contributed by atoms with Gasteiger partial charge in [-0.2, -0.15) is 0 Å². The minimum atomic E-state index is -0.133. The van der Waals surface area contributed by atoms with Crippen LogP contribution in [0.1, 0.15) is 22.3 Å². The van der Waals surface area contributed by atoms with Gasteiger partial charge in [-0.3, -0.25) is 4.79 Å². The molecule has 29 heavy (non-hydrogen) atoms. The maximum Gasteiger partial charge on any atom is 0.252 e. The lowest BCUT2D eigenvalue weighted by Crippen LogP contribution is -2.24. The molecule has 0 saturated carbocycles. The first-order chi connectivity index (χ1) is 14.2. The van der Waals surface area contributed by atoms with Crippen molar-refractivity contribution in [1.82, 2.24) is 5.32 Å². The largest absolute Gasteiger partial charge is 0.497 e. The number of ether oxygens (including phenoxy) is 2. The van der Waals surface area contributed by atoms with Gasteiger partial charge < -0.3 is 14.8 Å². The van der Waals surface area contributed by atoms with Gasteiger partial charge in [0, 0.05) is 19.2 Å². The molecule has 0 atom stereocenters. The summed E-state index contributed by atoms with van der Waals surface area (Å²) in [6.45, 7) is 0.942. The molecule has 3 aromatic rings. The first-order valence-electron chi connectivity index (χ1n) is 9.46. The number of nitrogens with one attached hydrogen (secondary N) is 1. The van der Waals surface area contributed by atoms with Crippen LogP contribution in [0.5, 0.6) is 5.75 Å². The molecular weight excluding hydrogens is 362 g/mol. The molecule has 0 fully saturated rings. The van der Waals surface area contributed by atoms with Gasteiger partial charge in [0.05, 0.1) is 13.7 Å². The molecule has 0 aliphatic rings. The average molecular weight is 387 g/mol. The monoisotopic (exact) mass is 387 g/mol. The van der Waals surface area contributed by atoms with Gasteiger partial charge in [-0.05, 0) is 40.5 Å². The fourth-order valence-electron chi connectivity index (χ4n) is 3.09. The van der Waals surface area contributed by atoms with Crippen LogP contribution in [0, 0.1) is 0 Å². The molecule has 0 spiro atoms. The predicted octanol–water partition coefficient (Wildman–Crippen LogP) is 4.70. The first-order valence-corrected chi connectivity index (χ1v) is 9.46. The third-order valence-corrected chi connectivity index (χ3v) is 4.59. The zero-order chi connectivity index (χ0) is 20.5. The lowest BCUT2D eigenvalue weighted by atomic mass is 10.0. The normalized spacial score (nSPS) is 11.2. The van der Waals surface area contributed by atoms with Crippen molar-refractivity contribution in [3.63, 3.8) is 0 Å². The van der Waals surface area contributed by atoms with E-state index in [9.17, 15) is 4.79 Å². The second-order valence-electron chi connectivity index (χ2n) is 6.59. The standard InChI is InChI=1S/C25H25NO3/c1-28-18-22-13-7-6-12-21(22)17-26-25(27)24(20-10-4-3-5-11-20)16-19-9-8-14-23(15-19)29-2/h3-16H,17-18H2,1-2H3,(H,26,27)/b24-16+. The number of rotatable bonds is 8. The van der Waals surface area contributed by atoms with Crippen molar-refractivity contribution in [1.29, 1.82) is 0 Å². The highest BCUT2D eigenvalue weighted by Crippen LogP contribution is 2.21. The fourth-order valence-corrected chi connectivity index (χ4v) is 3.09. The van der Waals surface area contributed by atoms with E-state index in [-0.39, 0.29) is 5.91 Å². The molecule has 3 rings (SSSR count). The van der Waals surface area contributed by atoms with Crippen LogP contribution in [0.15, 0.2) is 78.9 Å². The molecule has 0 aromatic heterocycles. The molecule has 0 heterocycles. The van der Waals surface area contributed by atoms with Crippen molar-refractivity contribution in [3.05, 3.63) is 101 Å². The first kappa shape index (κ1) is 20.4. The van der Waals surface area contributed by atoms with Gasteiger partial charge in [-0.15, -0.1) is 0 Å². The fraction of sp³-hybridized carbons (Fsp3) is 0.160. The van der Waals surface area contributed by atoms with Crippen LogP contribution in [0.2, 0.25) is 0 Å². The molecule has 3 aromatic carbocycles. The lowest BCUT2D eigenvalue weighted by Gasteiger charge is -2.13. The third-order valence-electron chi connectivity index (χ3n) is 4.59.